The lowest BCUT2D eigenvalue weighted by Crippen LogP contribution is -2.40. The number of benzene rings is 1. The largest absolute Gasteiger partial charge is 0.332 e. The molecule has 0 unspecified atom stereocenters. The van der Waals surface area contributed by atoms with Gasteiger partial charge in [0.1, 0.15) is 0 Å². The van der Waals surface area contributed by atoms with Gasteiger partial charge in [-0.15, -0.1) is 0 Å². The van der Waals surface area contributed by atoms with E-state index < -0.39 is 0 Å². The van der Waals surface area contributed by atoms with E-state index in [2.05, 4.69) is 9.97 Å². The average molecular weight is 344 g/mol. The summed E-state index contributed by atoms with van der Waals surface area (Å²) in [5.41, 5.74) is 1.91. The van der Waals surface area contributed by atoms with E-state index in [4.69, 9.17) is 0 Å². The van der Waals surface area contributed by atoms with E-state index in [1.165, 1.54) is 4.57 Å². The van der Waals surface area contributed by atoms with E-state index in [0.717, 1.165) is 11.1 Å². The maximum absolute atomic E-state index is 13.1. The van der Waals surface area contributed by atoms with Crippen molar-refractivity contribution in [1.82, 2.24) is 19.1 Å². The normalized spacial score (nSPS) is 10.9. The number of nitrogens with zero attached hydrogens (tertiary/aromatic N) is 4. The van der Waals surface area contributed by atoms with Crippen molar-refractivity contribution < 1.29 is 0 Å². The monoisotopic (exact) mass is 344 g/mol. The van der Waals surface area contributed by atoms with Crippen LogP contribution in [0.15, 0.2) is 82.8 Å². The summed E-state index contributed by atoms with van der Waals surface area (Å²) in [5, 5.41) is 0. The Morgan fingerprint density at radius 1 is 0.731 bits per heavy atom. The second-order valence-corrected chi connectivity index (χ2v) is 5.97. The lowest BCUT2D eigenvalue weighted by Gasteiger charge is -2.13. The summed E-state index contributed by atoms with van der Waals surface area (Å²) >= 11 is 0. The summed E-state index contributed by atoms with van der Waals surface area (Å²) in [7, 11) is 0. The number of pyridine rings is 2. The van der Waals surface area contributed by atoms with E-state index in [-0.39, 0.29) is 23.3 Å². The van der Waals surface area contributed by atoms with Gasteiger partial charge in [-0.3, -0.25) is 18.9 Å². The molecule has 0 aliphatic carbocycles. The molecular formula is C20H16N4O2. The Balaban J connectivity index is 1.92. The lowest BCUT2D eigenvalue weighted by molar-refractivity contribution is 0.633. The third-order valence-electron chi connectivity index (χ3n) is 4.26. The van der Waals surface area contributed by atoms with Crippen LogP contribution in [0.4, 0.5) is 0 Å². The van der Waals surface area contributed by atoms with Gasteiger partial charge in [0.2, 0.25) is 0 Å². The van der Waals surface area contributed by atoms with Crippen molar-refractivity contribution >= 4 is 11.0 Å². The zero-order valence-electron chi connectivity index (χ0n) is 13.9. The second-order valence-electron chi connectivity index (χ2n) is 5.97. The Morgan fingerprint density at radius 2 is 1.42 bits per heavy atom. The van der Waals surface area contributed by atoms with Crippen LogP contribution in [-0.2, 0) is 13.1 Å². The first-order valence-corrected chi connectivity index (χ1v) is 8.25. The molecule has 128 valence electrons. The number of hydrogen-bond acceptors (Lipinski definition) is 4. The molecule has 0 saturated heterocycles. The second kappa shape index (κ2) is 6.76. The minimum Gasteiger partial charge on any atom is -0.287 e. The van der Waals surface area contributed by atoms with Crippen LogP contribution >= 0.6 is 0 Å². The fourth-order valence-electron chi connectivity index (χ4n) is 2.97. The predicted molar refractivity (Wildman–Crippen MR) is 99.1 cm³/mol. The van der Waals surface area contributed by atoms with Gasteiger partial charge in [-0.05, 0) is 35.4 Å². The van der Waals surface area contributed by atoms with Gasteiger partial charge in [-0.1, -0.05) is 30.3 Å². The topological polar surface area (TPSA) is 69.8 Å². The van der Waals surface area contributed by atoms with Gasteiger partial charge < -0.3 is 0 Å². The van der Waals surface area contributed by atoms with Crippen LogP contribution in [-0.4, -0.2) is 19.1 Å². The molecule has 0 bridgehead atoms. The zero-order chi connectivity index (χ0) is 17.9. The molecular weight excluding hydrogens is 328 g/mol. The van der Waals surface area contributed by atoms with E-state index in [0.29, 0.717) is 12.1 Å². The molecule has 0 aliphatic rings. The molecule has 3 heterocycles. The van der Waals surface area contributed by atoms with Crippen molar-refractivity contribution in [3.63, 3.8) is 0 Å². The molecule has 6 nitrogen and oxygen atoms in total. The van der Waals surface area contributed by atoms with Crippen molar-refractivity contribution in [3.05, 3.63) is 105 Å². The summed E-state index contributed by atoms with van der Waals surface area (Å²) in [5.74, 6) is 0. The van der Waals surface area contributed by atoms with E-state index in [9.17, 15) is 9.59 Å². The molecule has 0 radical (unpaired) electrons. The molecule has 0 amide bonds. The van der Waals surface area contributed by atoms with Crippen LogP contribution in [0.25, 0.3) is 11.0 Å². The van der Waals surface area contributed by atoms with Gasteiger partial charge >= 0.3 is 5.69 Å². The Bertz CT molecular complexity index is 1170. The Labute approximate surface area is 149 Å². The molecule has 0 atom stereocenters. The molecule has 1 aromatic carbocycles. The minimum absolute atomic E-state index is 0.182. The maximum Gasteiger partial charge on any atom is 0.332 e. The van der Waals surface area contributed by atoms with Gasteiger partial charge in [-0.2, -0.15) is 0 Å². The summed E-state index contributed by atoms with van der Waals surface area (Å²) < 4.78 is 2.83. The van der Waals surface area contributed by atoms with Gasteiger partial charge in [0, 0.05) is 18.6 Å². The standard InChI is InChI=1S/C20H16N4O2/c25-19-18-17(7-4-10-22-18)23(13-15-5-2-1-3-6-15)20(26)24(19)14-16-8-11-21-12-9-16/h1-12H,13-14H2. The van der Waals surface area contributed by atoms with Crippen molar-refractivity contribution in [3.8, 4) is 0 Å². The highest BCUT2D eigenvalue weighted by Gasteiger charge is 2.14. The molecule has 0 spiro atoms. The van der Waals surface area contributed by atoms with Gasteiger partial charge in [-0.25, -0.2) is 9.78 Å². The molecule has 4 rings (SSSR count). The van der Waals surface area contributed by atoms with Crippen LogP contribution in [0.1, 0.15) is 11.1 Å². The zero-order valence-corrected chi connectivity index (χ0v) is 13.9. The number of rotatable bonds is 4. The van der Waals surface area contributed by atoms with Crippen LogP contribution in [0.5, 0.6) is 0 Å². The third kappa shape index (κ3) is 2.93. The fourth-order valence-corrected chi connectivity index (χ4v) is 2.97. The summed E-state index contributed by atoms with van der Waals surface area (Å²) in [6.45, 7) is 0.556. The average Bonchev–Trinajstić information content (AvgIpc) is 2.70. The number of hydrogen-bond donors (Lipinski definition) is 0. The van der Waals surface area contributed by atoms with Crippen molar-refractivity contribution in [2.75, 3.05) is 0 Å². The molecule has 0 fully saturated rings. The van der Waals surface area contributed by atoms with Crippen LogP contribution in [0.2, 0.25) is 0 Å². The minimum atomic E-state index is -0.383. The lowest BCUT2D eigenvalue weighted by atomic mass is 10.2. The smallest absolute Gasteiger partial charge is 0.287 e. The molecule has 0 N–H and O–H groups in total. The molecule has 3 aromatic heterocycles. The predicted octanol–water partition coefficient (Wildman–Crippen LogP) is 2.05. The molecule has 6 heteroatoms. The first-order valence-electron chi connectivity index (χ1n) is 8.25. The molecule has 26 heavy (non-hydrogen) atoms. The quantitative estimate of drug-likeness (QED) is 0.568. The molecule has 0 aliphatic heterocycles. The van der Waals surface area contributed by atoms with Crippen LogP contribution in [0.3, 0.4) is 0 Å². The SMILES string of the molecule is O=c1c2ncccc2n(Cc2ccccc2)c(=O)n1Cc1ccncc1. The first kappa shape index (κ1) is 16.0. The highest BCUT2D eigenvalue weighted by molar-refractivity contribution is 5.73. The van der Waals surface area contributed by atoms with Crippen LogP contribution in [0, 0.1) is 0 Å². The van der Waals surface area contributed by atoms with Gasteiger partial charge in [0.05, 0.1) is 18.6 Å². The Morgan fingerprint density at radius 3 is 2.19 bits per heavy atom. The Hall–Kier alpha value is -3.54. The first-order chi connectivity index (χ1) is 12.7. The number of aromatic nitrogens is 4. The highest BCUT2D eigenvalue weighted by atomic mass is 16.2. The van der Waals surface area contributed by atoms with E-state index >= 15 is 0 Å². The van der Waals surface area contributed by atoms with Crippen molar-refractivity contribution in [2.24, 2.45) is 0 Å². The number of fused-ring (bicyclic) bond motifs is 1. The summed E-state index contributed by atoms with van der Waals surface area (Å²) in [6.07, 6.45) is 4.85. The summed E-state index contributed by atoms with van der Waals surface area (Å²) in [6, 6.07) is 16.7. The van der Waals surface area contributed by atoms with Crippen molar-refractivity contribution in [1.29, 1.82) is 0 Å². The van der Waals surface area contributed by atoms with E-state index in [1.54, 1.807) is 47.4 Å². The summed E-state index contributed by atoms with van der Waals surface area (Å²) in [4.78, 5) is 34.1. The highest BCUT2D eigenvalue weighted by Crippen LogP contribution is 2.09. The van der Waals surface area contributed by atoms with Crippen LogP contribution < -0.4 is 11.2 Å². The van der Waals surface area contributed by atoms with E-state index in [1.807, 2.05) is 30.3 Å². The fraction of sp³-hybridized carbons (Fsp3) is 0.100. The van der Waals surface area contributed by atoms with Gasteiger partial charge in [0.15, 0.2) is 5.52 Å². The maximum atomic E-state index is 13.1. The molecule has 0 saturated carbocycles. The van der Waals surface area contributed by atoms with Crippen molar-refractivity contribution in [2.45, 2.75) is 13.1 Å². The Kier molecular flexibility index (Phi) is 4.15. The third-order valence-corrected chi connectivity index (χ3v) is 4.26. The molecule has 4 aromatic rings. The van der Waals surface area contributed by atoms with Gasteiger partial charge in [0.25, 0.3) is 5.56 Å².